The van der Waals surface area contributed by atoms with E-state index in [0.717, 1.165) is 29.9 Å². The van der Waals surface area contributed by atoms with E-state index in [0.29, 0.717) is 6.61 Å². The molecule has 5 heteroatoms. The van der Waals surface area contributed by atoms with Gasteiger partial charge in [0.25, 0.3) is 0 Å². The Kier molecular flexibility index (Phi) is 6.49. The molecule has 1 atom stereocenters. The van der Waals surface area contributed by atoms with Crippen molar-refractivity contribution >= 4 is 0 Å². The van der Waals surface area contributed by atoms with E-state index in [1.54, 1.807) is 21.3 Å². The van der Waals surface area contributed by atoms with Gasteiger partial charge in [-0.25, -0.2) is 0 Å². The third kappa shape index (κ3) is 3.60. The standard InChI is InChI=1S/C13H22N2O3/c1-16-9-5-6-10(15-14)13-11(17-2)7-4-8-12(13)18-3/h4,7-8,10,15H,5-6,9,14H2,1-3H3. The van der Waals surface area contributed by atoms with E-state index in [-0.39, 0.29) is 6.04 Å². The van der Waals surface area contributed by atoms with Gasteiger partial charge in [-0.2, -0.15) is 0 Å². The summed E-state index contributed by atoms with van der Waals surface area (Å²) in [5.74, 6) is 7.18. The molecule has 0 aliphatic carbocycles. The van der Waals surface area contributed by atoms with Gasteiger partial charge < -0.3 is 14.2 Å². The zero-order chi connectivity index (χ0) is 13.4. The van der Waals surface area contributed by atoms with Gasteiger partial charge in [-0.1, -0.05) is 6.07 Å². The Hall–Kier alpha value is -1.30. The smallest absolute Gasteiger partial charge is 0.127 e. The summed E-state index contributed by atoms with van der Waals surface area (Å²) in [6, 6.07) is 5.67. The van der Waals surface area contributed by atoms with Gasteiger partial charge in [0, 0.05) is 13.7 Å². The number of hydrazine groups is 1. The van der Waals surface area contributed by atoms with Gasteiger partial charge in [0.1, 0.15) is 11.5 Å². The van der Waals surface area contributed by atoms with Crippen molar-refractivity contribution in [1.29, 1.82) is 0 Å². The Morgan fingerprint density at radius 2 is 1.78 bits per heavy atom. The molecule has 0 saturated heterocycles. The second-order valence-electron chi connectivity index (χ2n) is 3.93. The predicted octanol–water partition coefficient (Wildman–Crippen LogP) is 1.63. The number of hydrogen-bond acceptors (Lipinski definition) is 5. The lowest BCUT2D eigenvalue weighted by atomic mass is 10.0. The molecule has 102 valence electrons. The van der Waals surface area contributed by atoms with Crippen LogP contribution in [-0.2, 0) is 4.74 Å². The summed E-state index contributed by atoms with van der Waals surface area (Å²) >= 11 is 0. The first kappa shape index (κ1) is 14.8. The summed E-state index contributed by atoms with van der Waals surface area (Å²) in [5, 5.41) is 0. The van der Waals surface area contributed by atoms with Gasteiger partial charge in [-0.15, -0.1) is 0 Å². The van der Waals surface area contributed by atoms with Crippen LogP contribution in [0.4, 0.5) is 0 Å². The Bertz CT molecular complexity index is 336. The van der Waals surface area contributed by atoms with Crippen molar-refractivity contribution < 1.29 is 14.2 Å². The molecular formula is C13H22N2O3. The fraction of sp³-hybridized carbons (Fsp3) is 0.538. The maximum atomic E-state index is 5.63. The minimum absolute atomic E-state index is 0.0220. The van der Waals surface area contributed by atoms with Crippen molar-refractivity contribution in [1.82, 2.24) is 5.43 Å². The number of rotatable bonds is 8. The van der Waals surface area contributed by atoms with E-state index >= 15 is 0 Å². The Labute approximate surface area is 108 Å². The summed E-state index contributed by atoms with van der Waals surface area (Å²) < 4.78 is 15.8. The number of ether oxygens (including phenoxy) is 3. The van der Waals surface area contributed by atoms with Gasteiger partial charge >= 0.3 is 0 Å². The molecule has 1 aromatic rings. The molecule has 0 fully saturated rings. The molecule has 0 amide bonds. The highest BCUT2D eigenvalue weighted by Gasteiger charge is 2.19. The zero-order valence-electron chi connectivity index (χ0n) is 11.2. The molecule has 5 nitrogen and oxygen atoms in total. The fourth-order valence-corrected chi connectivity index (χ4v) is 1.97. The summed E-state index contributed by atoms with van der Waals surface area (Å²) in [7, 11) is 4.97. The molecule has 0 radical (unpaired) electrons. The third-order valence-electron chi connectivity index (χ3n) is 2.86. The average Bonchev–Trinajstić information content (AvgIpc) is 2.43. The van der Waals surface area contributed by atoms with Crippen molar-refractivity contribution in [2.45, 2.75) is 18.9 Å². The van der Waals surface area contributed by atoms with Crippen molar-refractivity contribution in [3.8, 4) is 11.5 Å². The first-order valence-corrected chi connectivity index (χ1v) is 5.94. The summed E-state index contributed by atoms with van der Waals surface area (Å²) in [5.41, 5.74) is 3.76. The lowest BCUT2D eigenvalue weighted by Crippen LogP contribution is -2.29. The van der Waals surface area contributed by atoms with E-state index in [9.17, 15) is 0 Å². The fourth-order valence-electron chi connectivity index (χ4n) is 1.97. The Balaban J connectivity index is 2.94. The first-order chi connectivity index (χ1) is 8.78. The van der Waals surface area contributed by atoms with Crippen LogP contribution in [-0.4, -0.2) is 27.9 Å². The highest BCUT2D eigenvalue weighted by atomic mass is 16.5. The molecule has 0 heterocycles. The maximum absolute atomic E-state index is 5.63. The number of benzene rings is 1. The van der Waals surface area contributed by atoms with Crippen LogP contribution in [0.2, 0.25) is 0 Å². The monoisotopic (exact) mass is 254 g/mol. The average molecular weight is 254 g/mol. The minimum atomic E-state index is -0.0220. The van der Waals surface area contributed by atoms with Crippen molar-refractivity contribution in [2.75, 3.05) is 27.9 Å². The van der Waals surface area contributed by atoms with Crippen LogP contribution in [0.25, 0.3) is 0 Å². The highest BCUT2D eigenvalue weighted by Crippen LogP contribution is 2.35. The SMILES string of the molecule is COCCCC(NN)c1c(OC)cccc1OC. The van der Waals surface area contributed by atoms with E-state index in [4.69, 9.17) is 20.1 Å². The summed E-state index contributed by atoms with van der Waals surface area (Å²) in [4.78, 5) is 0. The lowest BCUT2D eigenvalue weighted by molar-refractivity contribution is 0.188. The molecule has 0 aromatic heterocycles. The minimum Gasteiger partial charge on any atom is -0.496 e. The van der Waals surface area contributed by atoms with Gasteiger partial charge in [0.05, 0.1) is 25.8 Å². The Morgan fingerprint density at radius 1 is 1.17 bits per heavy atom. The number of hydrogen-bond donors (Lipinski definition) is 2. The molecule has 1 aromatic carbocycles. The van der Waals surface area contributed by atoms with Gasteiger partial charge in [0.15, 0.2) is 0 Å². The van der Waals surface area contributed by atoms with E-state index in [1.807, 2.05) is 18.2 Å². The highest BCUT2D eigenvalue weighted by molar-refractivity contribution is 5.46. The lowest BCUT2D eigenvalue weighted by Gasteiger charge is -2.21. The molecule has 18 heavy (non-hydrogen) atoms. The van der Waals surface area contributed by atoms with Crippen molar-refractivity contribution in [3.63, 3.8) is 0 Å². The topological polar surface area (TPSA) is 65.7 Å². The maximum Gasteiger partial charge on any atom is 0.127 e. The van der Waals surface area contributed by atoms with E-state index in [1.165, 1.54) is 0 Å². The molecule has 0 spiro atoms. The predicted molar refractivity (Wildman–Crippen MR) is 70.7 cm³/mol. The van der Waals surface area contributed by atoms with Crippen LogP contribution >= 0.6 is 0 Å². The molecule has 3 N–H and O–H groups in total. The van der Waals surface area contributed by atoms with Crippen LogP contribution < -0.4 is 20.7 Å². The summed E-state index contributed by atoms with van der Waals surface area (Å²) in [6.45, 7) is 0.704. The number of methoxy groups -OCH3 is 3. The summed E-state index contributed by atoms with van der Waals surface area (Å²) in [6.07, 6.45) is 1.76. The van der Waals surface area contributed by atoms with Crippen molar-refractivity contribution in [2.24, 2.45) is 5.84 Å². The first-order valence-electron chi connectivity index (χ1n) is 5.94. The van der Waals surface area contributed by atoms with Crippen LogP contribution in [0.5, 0.6) is 11.5 Å². The molecule has 0 aliphatic heterocycles. The number of nitrogens with one attached hydrogen (secondary N) is 1. The van der Waals surface area contributed by atoms with E-state index in [2.05, 4.69) is 5.43 Å². The molecule has 0 saturated carbocycles. The van der Waals surface area contributed by atoms with Gasteiger partial charge in [-0.05, 0) is 25.0 Å². The molecule has 1 unspecified atom stereocenters. The van der Waals surface area contributed by atoms with Gasteiger partial charge in [-0.3, -0.25) is 11.3 Å². The van der Waals surface area contributed by atoms with Crippen LogP contribution in [0.15, 0.2) is 18.2 Å². The third-order valence-corrected chi connectivity index (χ3v) is 2.86. The molecule has 1 rings (SSSR count). The largest absolute Gasteiger partial charge is 0.496 e. The van der Waals surface area contributed by atoms with Crippen LogP contribution in [0.3, 0.4) is 0 Å². The van der Waals surface area contributed by atoms with Crippen molar-refractivity contribution in [3.05, 3.63) is 23.8 Å². The molecular weight excluding hydrogens is 232 g/mol. The molecule has 0 aliphatic rings. The molecule has 0 bridgehead atoms. The number of nitrogens with two attached hydrogens (primary N) is 1. The zero-order valence-corrected chi connectivity index (χ0v) is 11.2. The van der Waals surface area contributed by atoms with E-state index < -0.39 is 0 Å². The second kappa shape index (κ2) is 7.92. The van der Waals surface area contributed by atoms with Gasteiger partial charge in [0.2, 0.25) is 0 Å². The quantitative estimate of drug-likeness (QED) is 0.419. The normalized spacial score (nSPS) is 12.2. The second-order valence-corrected chi connectivity index (χ2v) is 3.93. The van der Waals surface area contributed by atoms with Crippen LogP contribution in [0, 0.1) is 0 Å². The van der Waals surface area contributed by atoms with Crippen LogP contribution in [0.1, 0.15) is 24.4 Å². The Morgan fingerprint density at radius 3 is 2.22 bits per heavy atom.